The predicted molar refractivity (Wildman–Crippen MR) is 67.4 cm³/mol. The van der Waals surface area contributed by atoms with Crippen LogP contribution in [0.2, 0.25) is 0 Å². The normalized spacial score (nSPS) is 20.4. The van der Waals surface area contributed by atoms with Crippen molar-refractivity contribution in [3.63, 3.8) is 0 Å². The molecule has 1 aromatic heterocycles. The largest absolute Gasteiger partial charge is 0.481 e. The number of carboxylic acid groups (broad SMARTS) is 1. The van der Waals surface area contributed by atoms with Gasteiger partial charge in [-0.05, 0) is 25.8 Å². The molecule has 0 aromatic carbocycles. The van der Waals surface area contributed by atoms with Gasteiger partial charge in [-0.25, -0.2) is 4.98 Å². The molecule has 0 bridgehead atoms. The first-order chi connectivity index (χ1) is 8.24. The Morgan fingerprint density at radius 2 is 2.47 bits per heavy atom. The molecule has 1 fully saturated rings. The fourth-order valence-corrected chi connectivity index (χ4v) is 3.10. The van der Waals surface area contributed by atoms with Crippen LogP contribution in [-0.4, -0.2) is 28.6 Å². The lowest BCUT2D eigenvalue weighted by molar-refractivity contribution is -0.136. The lowest BCUT2D eigenvalue weighted by Crippen LogP contribution is -2.35. The van der Waals surface area contributed by atoms with E-state index in [0.717, 1.165) is 22.9 Å². The second kappa shape index (κ2) is 6.12. The van der Waals surface area contributed by atoms with Crippen LogP contribution in [-0.2, 0) is 17.6 Å². The fourth-order valence-electron chi connectivity index (χ4n) is 2.10. The molecule has 2 heterocycles. The standard InChI is InChI=1S/C12H18N2O2S/c15-12(16)5-4-10-8-14-11(17-10)7-9-3-1-2-6-13-9/h8-9,13H,1-7H2,(H,15,16). The van der Waals surface area contributed by atoms with E-state index in [1.807, 2.05) is 6.20 Å². The Hall–Kier alpha value is -0.940. The highest BCUT2D eigenvalue weighted by atomic mass is 32.1. The highest BCUT2D eigenvalue weighted by Gasteiger charge is 2.15. The summed E-state index contributed by atoms with van der Waals surface area (Å²) in [5, 5.41) is 13.2. The lowest BCUT2D eigenvalue weighted by Gasteiger charge is -2.22. The molecule has 0 spiro atoms. The van der Waals surface area contributed by atoms with Gasteiger partial charge in [0, 0.05) is 23.5 Å². The molecule has 1 unspecified atom stereocenters. The minimum Gasteiger partial charge on any atom is -0.481 e. The molecule has 2 N–H and O–H groups in total. The first kappa shape index (κ1) is 12.5. The Balaban J connectivity index is 1.82. The number of aromatic nitrogens is 1. The molecule has 5 heteroatoms. The molecule has 1 saturated heterocycles. The minimum absolute atomic E-state index is 0.198. The van der Waals surface area contributed by atoms with Crippen molar-refractivity contribution in [3.05, 3.63) is 16.1 Å². The smallest absolute Gasteiger partial charge is 0.303 e. The Bertz CT molecular complexity index is 372. The highest BCUT2D eigenvalue weighted by molar-refractivity contribution is 7.11. The van der Waals surface area contributed by atoms with Crippen LogP contribution < -0.4 is 5.32 Å². The van der Waals surface area contributed by atoms with Crippen LogP contribution in [0.4, 0.5) is 0 Å². The molecule has 4 nitrogen and oxygen atoms in total. The van der Waals surface area contributed by atoms with Gasteiger partial charge in [0.05, 0.1) is 11.4 Å². The average molecular weight is 254 g/mol. The van der Waals surface area contributed by atoms with E-state index in [1.54, 1.807) is 11.3 Å². The van der Waals surface area contributed by atoms with E-state index in [-0.39, 0.29) is 6.42 Å². The zero-order valence-corrected chi connectivity index (χ0v) is 10.6. The summed E-state index contributed by atoms with van der Waals surface area (Å²) in [6.45, 7) is 1.11. The third-order valence-corrected chi connectivity index (χ3v) is 4.10. The van der Waals surface area contributed by atoms with Crippen molar-refractivity contribution in [1.29, 1.82) is 0 Å². The molecular weight excluding hydrogens is 236 g/mol. The Kier molecular flexibility index (Phi) is 4.50. The van der Waals surface area contributed by atoms with E-state index in [9.17, 15) is 4.79 Å². The molecule has 1 aliphatic rings. The van der Waals surface area contributed by atoms with Gasteiger partial charge in [0.15, 0.2) is 0 Å². The van der Waals surface area contributed by atoms with E-state index in [1.165, 1.54) is 19.3 Å². The summed E-state index contributed by atoms with van der Waals surface area (Å²) in [6, 6.07) is 0.558. The van der Waals surface area contributed by atoms with Gasteiger partial charge < -0.3 is 10.4 Å². The van der Waals surface area contributed by atoms with E-state index in [2.05, 4.69) is 10.3 Å². The SMILES string of the molecule is O=C(O)CCc1cnc(CC2CCCCN2)s1. The highest BCUT2D eigenvalue weighted by Crippen LogP contribution is 2.19. The number of nitrogens with one attached hydrogen (secondary N) is 1. The molecule has 0 radical (unpaired) electrons. The number of carbonyl (C=O) groups is 1. The molecule has 94 valence electrons. The monoisotopic (exact) mass is 254 g/mol. The van der Waals surface area contributed by atoms with Gasteiger partial charge in [0.1, 0.15) is 0 Å². The molecule has 1 atom stereocenters. The van der Waals surface area contributed by atoms with Crippen LogP contribution in [0.3, 0.4) is 0 Å². The Morgan fingerprint density at radius 1 is 1.59 bits per heavy atom. The number of aliphatic carboxylic acids is 1. The Labute approximate surface area is 105 Å². The van der Waals surface area contributed by atoms with Gasteiger partial charge in [0.25, 0.3) is 0 Å². The number of hydrogen-bond acceptors (Lipinski definition) is 4. The number of carboxylic acids is 1. The summed E-state index contributed by atoms with van der Waals surface area (Å²) in [5.74, 6) is -0.742. The maximum absolute atomic E-state index is 10.5. The third-order valence-electron chi connectivity index (χ3n) is 3.02. The van der Waals surface area contributed by atoms with E-state index in [0.29, 0.717) is 12.5 Å². The van der Waals surface area contributed by atoms with E-state index in [4.69, 9.17) is 5.11 Å². The zero-order chi connectivity index (χ0) is 12.1. The van der Waals surface area contributed by atoms with Crippen molar-refractivity contribution in [1.82, 2.24) is 10.3 Å². The lowest BCUT2D eigenvalue weighted by atomic mass is 10.0. The minimum atomic E-state index is -0.742. The van der Waals surface area contributed by atoms with E-state index >= 15 is 0 Å². The van der Waals surface area contributed by atoms with Gasteiger partial charge in [0.2, 0.25) is 0 Å². The second-order valence-corrected chi connectivity index (χ2v) is 5.66. The number of piperidine rings is 1. The van der Waals surface area contributed by atoms with Crippen LogP contribution in [0.25, 0.3) is 0 Å². The van der Waals surface area contributed by atoms with Gasteiger partial charge >= 0.3 is 5.97 Å². The molecule has 1 aromatic rings. The average Bonchev–Trinajstić information content (AvgIpc) is 2.75. The van der Waals surface area contributed by atoms with Crippen molar-refractivity contribution in [2.45, 2.75) is 44.6 Å². The Morgan fingerprint density at radius 3 is 3.18 bits per heavy atom. The molecule has 0 amide bonds. The summed E-state index contributed by atoms with van der Waals surface area (Å²) < 4.78 is 0. The summed E-state index contributed by atoms with van der Waals surface area (Å²) >= 11 is 1.65. The summed E-state index contributed by atoms with van der Waals surface area (Å²) in [7, 11) is 0. The van der Waals surface area contributed by atoms with Crippen molar-refractivity contribution < 1.29 is 9.90 Å². The third kappa shape index (κ3) is 4.09. The van der Waals surface area contributed by atoms with Gasteiger partial charge in [-0.3, -0.25) is 4.79 Å². The topological polar surface area (TPSA) is 62.2 Å². The van der Waals surface area contributed by atoms with Gasteiger partial charge in [-0.1, -0.05) is 6.42 Å². The van der Waals surface area contributed by atoms with Crippen LogP contribution in [0.15, 0.2) is 6.20 Å². The summed E-state index contributed by atoms with van der Waals surface area (Å²) in [6.07, 6.45) is 7.41. The molecule has 1 aliphatic heterocycles. The van der Waals surface area contributed by atoms with Crippen molar-refractivity contribution in [2.75, 3.05) is 6.54 Å². The maximum Gasteiger partial charge on any atom is 0.303 e. The van der Waals surface area contributed by atoms with Crippen molar-refractivity contribution >= 4 is 17.3 Å². The molecular formula is C12H18N2O2S. The molecule has 0 saturated carbocycles. The zero-order valence-electron chi connectivity index (χ0n) is 9.82. The van der Waals surface area contributed by atoms with Crippen molar-refractivity contribution in [2.24, 2.45) is 0 Å². The summed E-state index contributed by atoms with van der Waals surface area (Å²) in [5.41, 5.74) is 0. The number of rotatable bonds is 5. The van der Waals surface area contributed by atoms with Crippen LogP contribution in [0, 0.1) is 0 Å². The number of thiazole rings is 1. The van der Waals surface area contributed by atoms with Gasteiger partial charge in [-0.15, -0.1) is 11.3 Å². The quantitative estimate of drug-likeness (QED) is 0.841. The molecule has 17 heavy (non-hydrogen) atoms. The molecule has 2 rings (SSSR count). The van der Waals surface area contributed by atoms with Gasteiger partial charge in [-0.2, -0.15) is 0 Å². The van der Waals surface area contributed by atoms with E-state index < -0.39 is 5.97 Å². The number of nitrogens with zero attached hydrogens (tertiary/aromatic N) is 1. The second-order valence-electron chi connectivity index (χ2n) is 4.47. The first-order valence-corrected chi connectivity index (χ1v) is 6.94. The predicted octanol–water partition coefficient (Wildman–Crippen LogP) is 1.84. The molecule has 0 aliphatic carbocycles. The maximum atomic E-state index is 10.5. The fraction of sp³-hybridized carbons (Fsp3) is 0.667. The van der Waals surface area contributed by atoms with Crippen LogP contribution in [0.1, 0.15) is 35.6 Å². The van der Waals surface area contributed by atoms with Crippen molar-refractivity contribution in [3.8, 4) is 0 Å². The first-order valence-electron chi connectivity index (χ1n) is 6.13. The van der Waals surface area contributed by atoms with Crippen LogP contribution in [0.5, 0.6) is 0 Å². The summed E-state index contributed by atoms with van der Waals surface area (Å²) in [4.78, 5) is 15.9. The number of aryl methyl sites for hydroxylation is 1. The number of hydrogen-bond donors (Lipinski definition) is 2. The van der Waals surface area contributed by atoms with Crippen LogP contribution >= 0.6 is 11.3 Å².